The number of rotatable bonds is 2. The maximum Gasteiger partial charge on any atom is 0.231 e. The second-order valence-corrected chi connectivity index (χ2v) is 8.29. The number of hydrogen-bond acceptors (Lipinski definition) is 4. The van der Waals surface area contributed by atoms with E-state index < -0.39 is 0 Å². The van der Waals surface area contributed by atoms with Gasteiger partial charge in [0.05, 0.1) is 10.9 Å². The largest absolute Gasteiger partial charge is 1.00 e. The SMILES string of the molecule is Fc1ccccc1Cc1c2[n+](cc3c4c(ccc13)OCO4)CCc1cc3c(cc1-2)OCO3.[Cl-]. The Hall–Kier alpha value is -3.51. The summed E-state index contributed by atoms with van der Waals surface area (Å²) in [6, 6.07) is 15.1. The van der Waals surface area contributed by atoms with Gasteiger partial charge in [-0.05, 0) is 41.5 Å². The summed E-state index contributed by atoms with van der Waals surface area (Å²) in [7, 11) is 0. The number of nitrogens with zero attached hydrogens (tertiary/aromatic N) is 1. The summed E-state index contributed by atoms with van der Waals surface area (Å²) in [4.78, 5) is 0. The number of hydrogen-bond donors (Lipinski definition) is 0. The van der Waals surface area contributed by atoms with Crippen molar-refractivity contribution >= 4 is 10.8 Å². The Kier molecular flexibility index (Phi) is 4.59. The summed E-state index contributed by atoms with van der Waals surface area (Å²) in [5.74, 6) is 2.83. The Morgan fingerprint density at radius 3 is 2.52 bits per heavy atom. The molecule has 0 fully saturated rings. The third-order valence-electron chi connectivity index (χ3n) is 6.56. The molecule has 0 atom stereocenters. The number of halogens is 2. The van der Waals surface area contributed by atoms with Gasteiger partial charge < -0.3 is 31.4 Å². The number of aromatic nitrogens is 1. The predicted octanol–water partition coefficient (Wildman–Crippen LogP) is 1.54. The average Bonchev–Trinajstić information content (AvgIpc) is 3.47. The molecule has 0 N–H and O–H groups in total. The van der Waals surface area contributed by atoms with Crippen molar-refractivity contribution in [1.82, 2.24) is 0 Å². The Morgan fingerprint density at radius 1 is 0.848 bits per heavy atom. The van der Waals surface area contributed by atoms with Crippen molar-refractivity contribution in [3.8, 4) is 34.3 Å². The molecule has 0 amide bonds. The lowest BCUT2D eigenvalue weighted by Gasteiger charge is -2.20. The van der Waals surface area contributed by atoms with Gasteiger partial charge in [0.2, 0.25) is 19.3 Å². The Balaban J connectivity index is 0.00000206. The van der Waals surface area contributed by atoms with Gasteiger partial charge in [0.1, 0.15) is 5.82 Å². The first-order chi connectivity index (χ1) is 15.8. The first-order valence-electron chi connectivity index (χ1n) is 10.7. The number of pyridine rings is 1. The summed E-state index contributed by atoms with van der Waals surface area (Å²) in [5.41, 5.74) is 5.12. The van der Waals surface area contributed by atoms with E-state index in [1.54, 1.807) is 6.07 Å². The second kappa shape index (κ2) is 7.52. The number of benzene rings is 3. The van der Waals surface area contributed by atoms with Crippen LogP contribution in [-0.2, 0) is 19.4 Å². The molecule has 0 bridgehead atoms. The van der Waals surface area contributed by atoms with Gasteiger partial charge in [-0.15, -0.1) is 0 Å². The van der Waals surface area contributed by atoms with Crippen LogP contribution < -0.4 is 35.9 Å². The molecule has 4 aromatic rings. The summed E-state index contributed by atoms with van der Waals surface area (Å²) in [5, 5.41) is 2.02. The Bertz CT molecular complexity index is 1440. The van der Waals surface area contributed by atoms with Crippen LogP contribution >= 0.6 is 0 Å². The van der Waals surface area contributed by atoms with E-state index in [4.69, 9.17) is 18.9 Å². The van der Waals surface area contributed by atoms with Gasteiger partial charge in [0, 0.05) is 23.8 Å². The lowest BCUT2D eigenvalue weighted by Crippen LogP contribution is -3.00. The molecule has 0 saturated carbocycles. The van der Waals surface area contributed by atoms with E-state index in [9.17, 15) is 4.39 Å². The van der Waals surface area contributed by atoms with Crippen molar-refractivity contribution in [2.24, 2.45) is 0 Å². The Labute approximate surface area is 195 Å². The summed E-state index contributed by atoms with van der Waals surface area (Å²) in [6.45, 7) is 1.26. The van der Waals surface area contributed by atoms with Crippen LogP contribution in [0.3, 0.4) is 0 Å². The van der Waals surface area contributed by atoms with Crippen molar-refractivity contribution in [2.75, 3.05) is 13.6 Å². The molecular formula is C26H19ClFNO4. The maximum absolute atomic E-state index is 14.7. The summed E-state index contributed by atoms with van der Waals surface area (Å²) >= 11 is 0. The maximum atomic E-state index is 14.7. The number of aryl methyl sites for hydroxylation is 2. The van der Waals surface area contributed by atoms with Crippen molar-refractivity contribution in [1.29, 1.82) is 0 Å². The van der Waals surface area contributed by atoms with Crippen LogP contribution in [0.1, 0.15) is 16.7 Å². The first kappa shape index (κ1) is 20.1. The summed E-state index contributed by atoms with van der Waals surface area (Å²) < 4.78 is 39.7. The van der Waals surface area contributed by atoms with E-state index in [0.717, 1.165) is 63.6 Å². The smallest absolute Gasteiger partial charge is 0.231 e. The van der Waals surface area contributed by atoms with E-state index in [1.165, 1.54) is 11.6 Å². The minimum absolute atomic E-state index is 0. The van der Waals surface area contributed by atoms with Gasteiger partial charge in [0.25, 0.3) is 0 Å². The fourth-order valence-electron chi connectivity index (χ4n) is 5.06. The lowest BCUT2D eigenvalue weighted by molar-refractivity contribution is -0.686. The van der Waals surface area contributed by atoms with Crippen LogP contribution in [-0.4, -0.2) is 13.6 Å². The molecule has 0 aliphatic carbocycles. The fourth-order valence-corrected chi connectivity index (χ4v) is 5.06. The van der Waals surface area contributed by atoms with Crippen LogP contribution in [0, 0.1) is 5.82 Å². The molecule has 7 heteroatoms. The van der Waals surface area contributed by atoms with E-state index in [2.05, 4.69) is 29.0 Å². The monoisotopic (exact) mass is 463 g/mol. The Morgan fingerprint density at radius 2 is 1.64 bits per heavy atom. The van der Waals surface area contributed by atoms with Crippen molar-refractivity contribution in [3.63, 3.8) is 0 Å². The summed E-state index contributed by atoms with van der Waals surface area (Å²) in [6.07, 6.45) is 3.48. The van der Waals surface area contributed by atoms with Crippen LogP contribution in [0.4, 0.5) is 4.39 Å². The molecular weight excluding hydrogens is 445 g/mol. The molecule has 3 aliphatic rings. The van der Waals surface area contributed by atoms with Crippen LogP contribution in [0.25, 0.3) is 22.0 Å². The van der Waals surface area contributed by atoms with Crippen LogP contribution in [0.2, 0.25) is 0 Å². The van der Waals surface area contributed by atoms with E-state index in [0.29, 0.717) is 12.0 Å². The molecule has 3 aliphatic heterocycles. The average molecular weight is 464 g/mol. The van der Waals surface area contributed by atoms with Gasteiger partial charge in [-0.1, -0.05) is 18.2 Å². The molecule has 0 unspecified atom stereocenters. The normalized spacial score (nSPS) is 14.6. The topological polar surface area (TPSA) is 40.8 Å². The molecule has 33 heavy (non-hydrogen) atoms. The zero-order chi connectivity index (χ0) is 21.2. The molecule has 7 rings (SSSR count). The van der Waals surface area contributed by atoms with E-state index >= 15 is 0 Å². The molecule has 1 aromatic heterocycles. The molecule has 0 saturated heterocycles. The van der Waals surface area contributed by atoms with Gasteiger partial charge in [0.15, 0.2) is 35.7 Å². The first-order valence-corrected chi connectivity index (χ1v) is 10.7. The molecule has 5 nitrogen and oxygen atoms in total. The van der Waals surface area contributed by atoms with Crippen LogP contribution in [0.15, 0.2) is 54.7 Å². The molecule has 4 heterocycles. The zero-order valence-electron chi connectivity index (χ0n) is 17.6. The van der Waals surface area contributed by atoms with Gasteiger partial charge in [-0.2, -0.15) is 4.57 Å². The zero-order valence-corrected chi connectivity index (χ0v) is 18.3. The second-order valence-electron chi connectivity index (χ2n) is 8.29. The number of fused-ring (bicyclic) bond motifs is 7. The lowest BCUT2D eigenvalue weighted by atomic mass is 9.88. The molecule has 166 valence electrons. The number of ether oxygens (including phenoxy) is 4. The third-order valence-corrected chi connectivity index (χ3v) is 6.56. The van der Waals surface area contributed by atoms with E-state index in [1.807, 2.05) is 18.2 Å². The predicted molar refractivity (Wildman–Crippen MR) is 115 cm³/mol. The van der Waals surface area contributed by atoms with Gasteiger partial charge >= 0.3 is 0 Å². The highest BCUT2D eigenvalue weighted by molar-refractivity contribution is 5.95. The highest BCUT2D eigenvalue weighted by Gasteiger charge is 2.33. The van der Waals surface area contributed by atoms with Crippen molar-refractivity contribution in [3.05, 3.63) is 77.2 Å². The van der Waals surface area contributed by atoms with Crippen molar-refractivity contribution < 1.29 is 40.3 Å². The van der Waals surface area contributed by atoms with Gasteiger partial charge in [-0.25, -0.2) is 4.39 Å². The molecule has 3 aromatic carbocycles. The highest BCUT2D eigenvalue weighted by atomic mass is 35.5. The van der Waals surface area contributed by atoms with E-state index in [-0.39, 0.29) is 31.8 Å². The molecule has 0 spiro atoms. The third kappa shape index (κ3) is 3.01. The minimum atomic E-state index is -0.203. The minimum Gasteiger partial charge on any atom is -1.00 e. The van der Waals surface area contributed by atoms with Crippen molar-refractivity contribution in [2.45, 2.75) is 19.4 Å². The highest BCUT2D eigenvalue weighted by Crippen LogP contribution is 2.45. The molecule has 0 radical (unpaired) electrons. The van der Waals surface area contributed by atoms with Crippen LogP contribution in [0.5, 0.6) is 23.0 Å². The fraction of sp³-hybridized carbons (Fsp3) is 0.192. The quantitative estimate of drug-likeness (QED) is 0.423. The van der Waals surface area contributed by atoms with Gasteiger partial charge in [-0.3, -0.25) is 0 Å². The standard InChI is InChI=1S/C26H19FNO4.ClH/c27-21-4-2-1-3-16(21)9-19-17-5-6-22-26(32-14-29-22)20(17)12-28-8-7-15-10-23-24(31-13-30-23)11-18(15)25(19)28;/h1-6,10-12H,7-9,13-14H2;1H/q+1;/p-1.